The van der Waals surface area contributed by atoms with Crippen LogP contribution < -0.4 is 14.5 Å². The molecule has 2 aliphatic heterocycles. The van der Waals surface area contributed by atoms with Gasteiger partial charge in [0.05, 0.1) is 19.7 Å². The van der Waals surface area contributed by atoms with Crippen LogP contribution in [0.4, 0.5) is 25.1 Å². The monoisotopic (exact) mass is 536 g/mol. The summed E-state index contributed by atoms with van der Waals surface area (Å²) in [6.45, 7) is 3.57. The van der Waals surface area contributed by atoms with Crippen molar-refractivity contribution in [2.45, 2.75) is 63.6 Å². The minimum absolute atomic E-state index is 0.0315. The second kappa shape index (κ2) is 10.1. The predicted molar refractivity (Wildman–Crippen MR) is 144 cm³/mol. The molecule has 1 saturated heterocycles. The average molecular weight is 537 g/mol. The molecule has 39 heavy (non-hydrogen) atoms. The van der Waals surface area contributed by atoms with Crippen molar-refractivity contribution in [3.8, 4) is 5.88 Å². The zero-order valence-corrected chi connectivity index (χ0v) is 22.6. The summed E-state index contributed by atoms with van der Waals surface area (Å²) in [6.07, 6.45) is 4.41. The number of methoxy groups -OCH3 is 1. The van der Waals surface area contributed by atoms with E-state index in [1.54, 1.807) is 4.68 Å². The molecule has 0 unspecified atom stereocenters. The number of halogens is 2. The number of pyridine rings is 1. The fraction of sp³-hybridized carbons (Fsp3) is 0.483. The number of hydrogen-bond donors (Lipinski definition) is 0. The first-order valence-electron chi connectivity index (χ1n) is 13.6. The van der Waals surface area contributed by atoms with Gasteiger partial charge in [-0.1, -0.05) is 24.3 Å². The van der Waals surface area contributed by atoms with Crippen LogP contribution in [0.15, 0.2) is 42.7 Å². The highest BCUT2D eigenvalue weighted by Crippen LogP contribution is 2.44. The number of anilines is 2. The van der Waals surface area contributed by atoms with Gasteiger partial charge in [0.1, 0.15) is 5.69 Å². The van der Waals surface area contributed by atoms with Gasteiger partial charge in [-0.15, -0.1) is 0 Å². The van der Waals surface area contributed by atoms with Gasteiger partial charge in [-0.2, -0.15) is 5.10 Å². The molecule has 0 radical (unpaired) electrons. The average Bonchev–Trinajstić information content (AvgIpc) is 3.71. The molecule has 10 heteroatoms. The van der Waals surface area contributed by atoms with Crippen LogP contribution in [-0.4, -0.2) is 51.9 Å². The molecule has 0 bridgehead atoms. The molecule has 206 valence electrons. The van der Waals surface area contributed by atoms with Crippen molar-refractivity contribution in [1.29, 1.82) is 0 Å². The van der Waals surface area contributed by atoms with E-state index in [-0.39, 0.29) is 29.6 Å². The SMILES string of the molecule is COc1nccc(C(F)F)c1N1CCC(N2C(=O)N(Cc3ccccc3C3CC3)c3nn(C)cc3[C@@H]2C)CC1. The van der Waals surface area contributed by atoms with Crippen molar-refractivity contribution in [3.63, 3.8) is 0 Å². The highest BCUT2D eigenvalue weighted by atomic mass is 19.3. The van der Waals surface area contributed by atoms with Gasteiger partial charge in [0.15, 0.2) is 5.82 Å². The highest BCUT2D eigenvalue weighted by Gasteiger charge is 2.43. The Labute approximate surface area is 227 Å². The van der Waals surface area contributed by atoms with Gasteiger partial charge in [0.25, 0.3) is 6.43 Å². The van der Waals surface area contributed by atoms with Crippen LogP contribution in [0, 0.1) is 0 Å². The number of ether oxygens (including phenoxy) is 1. The zero-order valence-electron chi connectivity index (χ0n) is 22.6. The van der Waals surface area contributed by atoms with Crippen LogP contribution in [0.3, 0.4) is 0 Å². The number of hydrogen-bond acceptors (Lipinski definition) is 5. The molecule has 3 aromatic rings. The number of benzene rings is 1. The van der Waals surface area contributed by atoms with Crippen molar-refractivity contribution in [1.82, 2.24) is 19.7 Å². The number of amides is 2. The summed E-state index contributed by atoms with van der Waals surface area (Å²) in [6, 6.07) is 9.53. The minimum Gasteiger partial charge on any atom is -0.480 e. The molecule has 6 rings (SSSR count). The standard InChI is InChI=1S/C29H34F2N6O2/c1-18-24-17-34(2)33-27(24)36(16-20-6-4-5-7-22(20)19-8-9-19)29(38)37(18)21-11-14-35(15-12-21)25-23(26(30)31)10-13-32-28(25)39-3/h4-7,10,13,17-19,21,26H,8-9,11-12,14-16H2,1-3H3/t18-/m0/s1. The van der Waals surface area contributed by atoms with Crippen molar-refractivity contribution in [2.24, 2.45) is 7.05 Å². The number of carbonyl (C=O) groups excluding carboxylic acids is 1. The first-order valence-corrected chi connectivity index (χ1v) is 13.6. The summed E-state index contributed by atoms with van der Waals surface area (Å²) in [5, 5.41) is 4.69. The Kier molecular flexibility index (Phi) is 6.64. The summed E-state index contributed by atoms with van der Waals surface area (Å²) in [4.78, 5) is 24.1. The van der Waals surface area contributed by atoms with Gasteiger partial charge in [-0.3, -0.25) is 9.58 Å². The van der Waals surface area contributed by atoms with Gasteiger partial charge in [-0.05, 0) is 55.7 Å². The molecule has 1 atom stereocenters. The molecule has 2 aromatic heterocycles. The molecule has 0 spiro atoms. The van der Waals surface area contributed by atoms with E-state index in [1.807, 2.05) is 34.0 Å². The van der Waals surface area contributed by atoms with E-state index in [0.29, 0.717) is 44.1 Å². The molecule has 0 N–H and O–H groups in total. The molecule has 2 fully saturated rings. The topological polar surface area (TPSA) is 66.7 Å². The van der Waals surface area contributed by atoms with E-state index in [4.69, 9.17) is 9.84 Å². The molecule has 1 aliphatic carbocycles. The Balaban J connectivity index is 1.27. The number of rotatable bonds is 7. The summed E-state index contributed by atoms with van der Waals surface area (Å²) in [7, 11) is 3.33. The molecular formula is C29H34F2N6O2. The van der Waals surface area contributed by atoms with Gasteiger partial charge in [0, 0.05) is 49.7 Å². The summed E-state index contributed by atoms with van der Waals surface area (Å²) in [5.74, 6) is 1.50. The third-order valence-corrected chi connectivity index (χ3v) is 8.34. The molecule has 2 amide bonds. The van der Waals surface area contributed by atoms with Crippen molar-refractivity contribution >= 4 is 17.5 Å². The fourth-order valence-electron chi connectivity index (χ4n) is 6.26. The van der Waals surface area contributed by atoms with E-state index < -0.39 is 6.43 Å². The maximum atomic E-state index is 14.2. The number of carbonyl (C=O) groups is 1. The van der Waals surface area contributed by atoms with Crippen LogP contribution in [0.25, 0.3) is 0 Å². The number of piperidine rings is 1. The summed E-state index contributed by atoms with van der Waals surface area (Å²) < 4.78 is 34.8. The van der Waals surface area contributed by atoms with Crippen molar-refractivity contribution < 1.29 is 18.3 Å². The van der Waals surface area contributed by atoms with E-state index in [1.165, 1.54) is 37.8 Å². The molecule has 8 nitrogen and oxygen atoms in total. The normalized spacial score (nSPS) is 20.1. The van der Waals surface area contributed by atoms with E-state index in [9.17, 15) is 13.6 Å². The maximum Gasteiger partial charge on any atom is 0.326 e. The molecule has 4 heterocycles. The number of aromatic nitrogens is 3. The number of alkyl halides is 2. The van der Waals surface area contributed by atoms with Gasteiger partial charge in [0.2, 0.25) is 5.88 Å². The highest BCUT2D eigenvalue weighted by molar-refractivity contribution is 5.94. The number of fused-ring (bicyclic) bond motifs is 1. The molecular weight excluding hydrogens is 502 g/mol. The van der Waals surface area contributed by atoms with E-state index in [2.05, 4.69) is 30.1 Å². The number of urea groups is 1. The lowest BCUT2D eigenvalue weighted by Gasteiger charge is -2.46. The van der Waals surface area contributed by atoms with Crippen LogP contribution in [0.2, 0.25) is 0 Å². The van der Waals surface area contributed by atoms with Crippen LogP contribution >= 0.6 is 0 Å². The molecule has 3 aliphatic rings. The second-order valence-corrected chi connectivity index (χ2v) is 10.8. The first-order chi connectivity index (χ1) is 18.9. The lowest BCUT2D eigenvalue weighted by Crippen LogP contribution is -2.55. The molecule has 1 saturated carbocycles. The summed E-state index contributed by atoms with van der Waals surface area (Å²) >= 11 is 0. The first kappa shape index (κ1) is 25.6. The zero-order chi connectivity index (χ0) is 27.3. The third-order valence-electron chi connectivity index (χ3n) is 8.34. The quantitative estimate of drug-likeness (QED) is 0.381. The number of aryl methyl sites for hydroxylation is 1. The largest absolute Gasteiger partial charge is 0.480 e. The van der Waals surface area contributed by atoms with Gasteiger partial charge < -0.3 is 14.5 Å². The maximum absolute atomic E-state index is 14.2. The lowest BCUT2D eigenvalue weighted by molar-refractivity contribution is 0.135. The van der Waals surface area contributed by atoms with Gasteiger partial charge in [-0.25, -0.2) is 18.6 Å². The Hall–Kier alpha value is -3.69. The van der Waals surface area contributed by atoms with Crippen LogP contribution in [-0.2, 0) is 13.6 Å². The Bertz CT molecular complexity index is 1370. The van der Waals surface area contributed by atoms with E-state index in [0.717, 1.165) is 16.9 Å². The Morgan fingerprint density at radius 1 is 1.08 bits per heavy atom. The van der Waals surface area contributed by atoms with Gasteiger partial charge >= 0.3 is 6.03 Å². The lowest BCUT2D eigenvalue weighted by atomic mass is 9.96. The van der Waals surface area contributed by atoms with E-state index >= 15 is 0 Å². The van der Waals surface area contributed by atoms with Crippen LogP contribution in [0.5, 0.6) is 5.88 Å². The second-order valence-electron chi connectivity index (χ2n) is 10.8. The fourth-order valence-corrected chi connectivity index (χ4v) is 6.26. The number of nitrogens with zero attached hydrogens (tertiary/aromatic N) is 6. The Morgan fingerprint density at radius 3 is 2.51 bits per heavy atom. The van der Waals surface area contributed by atoms with Crippen LogP contribution in [0.1, 0.15) is 73.2 Å². The third kappa shape index (κ3) is 4.59. The molecule has 1 aromatic carbocycles. The smallest absolute Gasteiger partial charge is 0.326 e. The minimum atomic E-state index is -2.63. The summed E-state index contributed by atoms with van der Waals surface area (Å²) in [5.41, 5.74) is 3.78. The van der Waals surface area contributed by atoms with Crippen molar-refractivity contribution in [3.05, 3.63) is 65.0 Å². The predicted octanol–water partition coefficient (Wildman–Crippen LogP) is 5.81. The Morgan fingerprint density at radius 2 is 1.82 bits per heavy atom. The van der Waals surface area contributed by atoms with Crippen molar-refractivity contribution in [2.75, 3.05) is 30.0 Å².